The lowest BCUT2D eigenvalue weighted by Gasteiger charge is -2.22. The zero-order valence-electron chi connectivity index (χ0n) is 9.58. The minimum atomic E-state index is -0.0981. The summed E-state index contributed by atoms with van der Waals surface area (Å²) < 4.78 is 0.998. The molecule has 0 fully saturated rings. The normalized spacial score (nSPS) is 12.0. The molecule has 2 aromatic rings. The van der Waals surface area contributed by atoms with Gasteiger partial charge in [-0.15, -0.1) is 0 Å². The fraction of sp³-hybridized carbons (Fsp3) is 0.308. The number of aromatic nitrogens is 1. The number of fused-ring (bicyclic) bond motifs is 1. The number of benzene rings is 1. The van der Waals surface area contributed by atoms with E-state index in [0.717, 1.165) is 20.9 Å². The fourth-order valence-electron chi connectivity index (χ4n) is 1.94. The fourth-order valence-corrected chi connectivity index (χ4v) is 2.29. The van der Waals surface area contributed by atoms with Gasteiger partial charge in [-0.2, -0.15) is 0 Å². The average Bonchev–Trinajstić information content (AvgIpc) is 2.16. The molecule has 16 heavy (non-hydrogen) atoms. The summed E-state index contributed by atoms with van der Waals surface area (Å²) in [5.41, 5.74) is 1.75. The van der Waals surface area contributed by atoms with Gasteiger partial charge in [-0.05, 0) is 17.5 Å². The second-order valence-corrected chi connectivity index (χ2v) is 5.85. The molecule has 2 rings (SSSR count). The summed E-state index contributed by atoms with van der Waals surface area (Å²) in [6.07, 6.45) is 1.52. The van der Waals surface area contributed by atoms with Gasteiger partial charge < -0.3 is 5.11 Å². The first-order valence-electron chi connectivity index (χ1n) is 5.17. The van der Waals surface area contributed by atoms with E-state index in [1.807, 2.05) is 18.2 Å². The predicted octanol–water partition coefficient (Wildman–Crippen LogP) is 4.00. The third-order valence-electron chi connectivity index (χ3n) is 2.56. The molecule has 0 amide bonds. The van der Waals surface area contributed by atoms with E-state index in [4.69, 9.17) is 0 Å². The lowest BCUT2D eigenvalue weighted by molar-refractivity contribution is 0.447. The minimum Gasteiger partial charge on any atom is -0.506 e. The van der Waals surface area contributed by atoms with Gasteiger partial charge in [-0.25, -0.2) is 0 Å². The minimum absolute atomic E-state index is 0.0981. The molecule has 0 aliphatic heterocycles. The second kappa shape index (κ2) is 3.74. The third kappa shape index (κ3) is 1.92. The molecule has 0 unspecified atom stereocenters. The number of aromatic hydroxyl groups is 1. The molecule has 3 heteroatoms. The van der Waals surface area contributed by atoms with E-state index < -0.39 is 0 Å². The summed E-state index contributed by atoms with van der Waals surface area (Å²) >= 11 is 3.42. The van der Waals surface area contributed by atoms with E-state index in [-0.39, 0.29) is 11.2 Å². The van der Waals surface area contributed by atoms with Crippen molar-refractivity contribution in [3.63, 3.8) is 0 Å². The van der Waals surface area contributed by atoms with E-state index in [9.17, 15) is 5.11 Å². The van der Waals surface area contributed by atoms with Gasteiger partial charge in [-0.1, -0.05) is 42.8 Å². The van der Waals surface area contributed by atoms with Gasteiger partial charge >= 0.3 is 0 Å². The van der Waals surface area contributed by atoms with E-state index in [2.05, 4.69) is 41.7 Å². The van der Waals surface area contributed by atoms with Crippen LogP contribution in [0, 0.1) is 0 Å². The molecule has 1 N–H and O–H groups in total. The number of hydrogen-bond donors (Lipinski definition) is 1. The van der Waals surface area contributed by atoms with Crippen molar-refractivity contribution in [1.29, 1.82) is 0 Å². The van der Waals surface area contributed by atoms with Gasteiger partial charge in [-0.3, -0.25) is 4.98 Å². The van der Waals surface area contributed by atoms with Gasteiger partial charge in [0.15, 0.2) is 0 Å². The van der Waals surface area contributed by atoms with Crippen molar-refractivity contribution in [2.75, 3.05) is 0 Å². The first kappa shape index (κ1) is 11.4. The molecule has 0 atom stereocenters. The zero-order chi connectivity index (χ0) is 11.9. The second-order valence-electron chi connectivity index (χ2n) is 4.93. The van der Waals surface area contributed by atoms with Crippen molar-refractivity contribution >= 4 is 26.8 Å². The maximum atomic E-state index is 9.94. The highest BCUT2D eigenvalue weighted by Crippen LogP contribution is 2.36. The number of hydrogen-bond acceptors (Lipinski definition) is 2. The first-order chi connectivity index (χ1) is 7.39. The van der Waals surface area contributed by atoms with Gasteiger partial charge in [0, 0.05) is 15.4 Å². The summed E-state index contributed by atoms with van der Waals surface area (Å²) in [6, 6.07) is 5.93. The SMILES string of the molecule is CC(C)(C)c1c(O)cnc2cc(Br)ccc12. The largest absolute Gasteiger partial charge is 0.506 e. The van der Waals surface area contributed by atoms with E-state index in [1.54, 1.807) is 0 Å². The Hall–Kier alpha value is -1.09. The van der Waals surface area contributed by atoms with Crippen LogP contribution < -0.4 is 0 Å². The van der Waals surface area contributed by atoms with Crippen molar-refractivity contribution in [1.82, 2.24) is 4.98 Å². The molecule has 0 spiro atoms. The summed E-state index contributed by atoms with van der Waals surface area (Å²) in [7, 11) is 0. The monoisotopic (exact) mass is 279 g/mol. The molecule has 0 radical (unpaired) electrons. The van der Waals surface area contributed by atoms with Crippen LogP contribution in [0.15, 0.2) is 28.9 Å². The first-order valence-corrected chi connectivity index (χ1v) is 5.96. The summed E-state index contributed by atoms with van der Waals surface area (Å²) in [5.74, 6) is 0.266. The molecule has 84 valence electrons. The maximum absolute atomic E-state index is 9.94. The Morgan fingerprint density at radius 3 is 2.56 bits per heavy atom. The van der Waals surface area contributed by atoms with Crippen molar-refractivity contribution in [3.8, 4) is 5.75 Å². The molecule has 2 nitrogen and oxygen atoms in total. The van der Waals surface area contributed by atoms with Gasteiger partial charge in [0.2, 0.25) is 0 Å². The highest BCUT2D eigenvalue weighted by Gasteiger charge is 2.21. The highest BCUT2D eigenvalue weighted by molar-refractivity contribution is 9.10. The number of pyridine rings is 1. The van der Waals surface area contributed by atoms with E-state index in [1.165, 1.54) is 6.20 Å². The topological polar surface area (TPSA) is 33.1 Å². The molecule has 1 heterocycles. The third-order valence-corrected chi connectivity index (χ3v) is 3.05. The molecule has 0 bridgehead atoms. The Bertz CT molecular complexity index is 543. The maximum Gasteiger partial charge on any atom is 0.138 e. The van der Waals surface area contributed by atoms with Crippen molar-refractivity contribution in [2.24, 2.45) is 0 Å². The molecular weight excluding hydrogens is 266 g/mol. The van der Waals surface area contributed by atoms with Crippen LogP contribution >= 0.6 is 15.9 Å². The van der Waals surface area contributed by atoms with Crippen molar-refractivity contribution < 1.29 is 5.11 Å². The average molecular weight is 280 g/mol. The van der Waals surface area contributed by atoms with Crippen LogP contribution in [0.1, 0.15) is 26.3 Å². The summed E-state index contributed by atoms with van der Waals surface area (Å²) in [6.45, 7) is 6.26. The molecule has 0 aliphatic rings. The van der Waals surface area contributed by atoms with Gasteiger partial charge in [0.1, 0.15) is 5.75 Å². The van der Waals surface area contributed by atoms with Crippen LogP contribution in [0.3, 0.4) is 0 Å². The molecule has 0 aliphatic carbocycles. The lowest BCUT2D eigenvalue weighted by atomic mass is 9.84. The molecule has 1 aromatic carbocycles. The molecule has 0 saturated carbocycles. The van der Waals surface area contributed by atoms with Crippen LogP contribution in [0.2, 0.25) is 0 Å². The predicted molar refractivity (Wildman–Crippen MR) is 69.8 cm³/mol. The van der Waals surface area contributed by atoms with E-state index in [0.29, 0.717) is 0 Å². The van der Waals surface area contributed by atoms with Crippen LogP contribution in [0.25, 0.3) is 10.9 Å². The van der Waals surface area contributed by atoms with E-state index >= 15 is 0 Å². The Morgan fingerprint density at radius 1 is 1.25 bits per heavy atom. The van der Waals surface area contributed by atoms with Gasteiger partial charge in [0.25, 0.3) is 0 Å². The molecule has 1 aromatic heterocycles. The van der Waals surface area contributed by atoms with Crippen LogP contribution in [0.4, 0.5) is 0 Å². The quantitative estimate of drug-likeness (QED) is 0.791. The number of nitrogens with zero attached hydrogens (tertiary/aromatic N) is 1. The lowest BCUT2D eigenvalue weighted by Crippen LogP contribution is -2.12. The number of halogens is 1. The Labute approximate surface area is 103 Å². The van der Waals surface area contributed by atoms with Crippen LogP contribution in [-0.4, -0.2) is 10.1 Å². The summed E-state index contributed by atoms with van der Waals surface area (Å²) in [5, 5.41) is 10.9. The smallest absolute Gasteiger partial charge is 0.138 e. The highest BCUT2D eigenvalue weighted by atomic mass is 79.9. The zero-order valence-corrected chi connectivity index (χ0v) is 11.2. The molecule has 0 saturated heterocycles. The Balaban J connectivity index is 2.85. The standard InChI is InChI=1S/C13H14BrNO/c1-13(2,3)12-9-5-4-8(14)6-10(9)15-7-11(12)16/h4-7,16H,1-3H3. The Kier molecular flexibility index (Phi) is 2.66. The van der Waals surface area contributed by atoms with Crippen LogP contribution in [0.5, 0.6) is 5.75 Å². The number of rotatable bonds is 0. The van der Waals surface area contributed by atoms with Crippen molar-refractivity contribution in [3.05, 3.63) is 34.4 Å². The van der Waals surface area contributed by atoms with Crippen LogP contribution in [-0.2, 0) is 5.41 Å². The summed E-state index contributed by atoms with van der Waals surface area (Å²) in [4.78, 5) is 4.24. The molecular formula is C13H14BrNO. The van der Waals surface area contributed by atoms with Crippen molar-refractivity contribution in [2.45, 2.75) is 26.2 Å². The van der Waals surface area contributed by atoms with Gasteiger partial charge in [0.05, 0.1) is 11.7 Å². The Morgan fingerprint density at radius 2 is 1.94 bits per heavy atom.